The van der Waals surface area contributed by atoms with Crippen molar-refractivity contribution in [2.75, 3.05) is 19.8 Å². The Kier molecular flexibility index (Phi) is 15.5. The van der Waals surface area contributed by atoms with Crippen molar-refractivity contribution in [2.45, 2.75) is 116 Å². The maximum absolute atomic E-state index is 11.2. The fourth-order valence-electron chi connectivity index (χ4n) is 6.95. The van der Waals surface area contributed by atoms with Crippen molar-refractivity contribution in [1.29, 1.82) is 0 Å². The van der Waals surface area contributed by atoms with Crippen LogP contribution in [-0.2, 0) is 18.7 Å². The molecular formula is C38H58O6Si. The third-order valence-corrected chi connectivity index (χ3v) is 14.3. The molecular weight excluding hydrogens is 580 g/mol. The molecule has 0 spiro atoms. The molecule has 0 saturated heterocycles. The van der Waals surface area contributed by atoms with E-state index in [1.165, 1.54) is 10.4 Å². The summed E-state index contributed by atoms with van der Waals surface area (Å²) in [6.45, 7) is 12.8. The van der Waals surface area contributed by atoms with Crippen molar-refractivity contribution in [3.8, 4) is 0 Å². The highest BCUT2D eigenvalue weighted by Crippen LogP contribution is 2.41. The monoisotopic (exact) mass is 638 g/mol. The molecule has 2 aromatic carbocycles. The SMILES string of the molecule is CCCCC[C@H](/C=C/[C@@H]1[C@@H](CCCCC(=O)O)[C@@H](O)C[C@H]1OCCOCC)O[Si](c1ccccc1)(c1ccccc1)C(C)(C)C. The standard InChI is InChI=1S/C38H58O6Si/c1-6-8-11-18-30(44-45(38(3,4)5,31-19-12-9-13-20-31)32-21-14-10-15-22-32)25-26-34-33(23-16-17-24-37(40)41)35(39)29-36(34)43-28-27-42-7-2/h9-10,12-15,19-22,25-26,30,33-36,39H,6-8,11,16-18,23-24,27-29H2,1-5H3,(H,40,41)/b26-25+/t30-,33-,34-,35+,36-/m1/s1. The topological polar surface area (TPSA) is 85.2 Å². The van der Waals surface area contributed by atoms with Gasteiger partial charge in [-0.1, -0.05) is 126 Å². The van der Waals surface area contributed by atoms with Gasteiger partial charge >= 0.3 is 5.97 Å². The number of hydrogen-bond donors (Lipinski definition) is 2. The van der Waals surface area contributed by atoms with Crippen molar-refractivity contribution in [2.24, 2.45) is 11.8 Å². The Morgan fingerprint density at radius 2 is 1.60 bits per heavy atom. The van der Waals surface area contributed by atoms with Gasteiger partial charge in [-0.3, -0.25) is 4.79 Å². The molecule has 0 unspecified atom stereocenters. The Hall–Kier alpha value is -2.29. The Labute approximate surface area is 273 Å². The van der Waals surface area contributed by atoms with Crippen molar-refractivity contribution in [3.05, 3.63) is 72.8 Å². The van der Waals surface area contributed by atoms with Crippen LogP contribution in [0.15, 0.2) is 72.8 Å². The van der Waals surface area contributed by atoms with Crippen LogP contribution in [0.2, 0.25) is 5.04 Å². The molecule has 3 rings (SSSR count). The van der Waals surface area contributed by atoms with Crippen LogP contribution < -0.4 is 10.4 Å². The van der Waals surface area contributed by atoms with Crippen molar-refractivity contribution < 1.29 is 28.9 Å². The van der Waals surface area contributed by atoms with Crippen LogP contribution in [0.25, 0.3) is 0 Å². The second-order valence-electron chi connectivity index (χ2n) is 13.5. The highest BCUT2D eigenvalue weighted by molar-refractivity contribution is 6.99. The number of aliphatic hydroxyl groups excluding tert-OH is 1. The average Bonchev–Trinajstić information content (AvgIpc) is 3.32. The molecule has 1 aliphatic carbocycles. The fraction of sp³-hybridized carbons (Fsp3) is 0.605. The van der Waals surface area contributed by atoms with Gasteiger partial charge in [-0.25, -0.2) is 0 Å². The van der Waals surface area contributed by atoms with Gasteiger partial charge in [-0.15, -0.1) is 0 Å². The van der Waals surface area contributed by atoms with E-state index in [9.17, 15) is 9.90 Å². The Morgan fingerprint density at radius 1 is 0.956 bits per heavy atom. The quantitative estimate of drug-likeness (QED) is 0.0912. The summed E-state index contributed by atoms with van der Waals surface area (Å²) >= 11 is 0. The highest BCUT2D eigenvalue weighted by Gasteiger charge is 2.51. The Balaban J connectivity index is 1.99. The molecule has 1 fully saturated rings. The summed E-state index contributed by atoms with van der Waals surface area (Å²) in [7, 11) is -2.77. The number of carboxylic acid groups (broad SMARTS) is 1. The molecule has 0 aliphatic heterocycles. The molecule has 7 heteroatoms. The van der Waals surface area contributed by atoms with Crippen molar-refractivity contribution in [3.63, 3.8) is 0 Å². The third kappa shape index (κ3) is 10.6. The number of carboxylic acids is 1. The summed E-state index contributed by atoms with van der Waals surface area (Å²) in [5.41, 5.74) is 0. The maximum atomic E-state index is 11.2. The van der Waals surface area contributed by atoms with E-state index >= 15 is 0 Å². The third-order valence-electron chi connectivity index (χ3n) is 9.22. The van der Waals surface area contributed by atoms with Crippen LogP contribution >= 0.6 is 0 Å². The number of aliphatic hydroxyl groups is 1. The number of benzene rings is 2. The van der Waals surface area contributed by atoms with E-state index in [4.69, 9.17) is 19.0 Å². The van der Waals surface area contributed by atoms with E-state index in [0.717, 1.165) is 38.5 Å². The Morgan fingerprint density at radius 3 is 2.16 bits per heavy atom. The Bertz CT molecular complexity index is 1090. The summed E-state index contributed by atoms with van der Waals surface area (Å²) in [4.78, 5) is 11.1. The van der Waals surface area contributed by atoms with Gasteiger partial charge in [-0.05, 0) is 47.5 Å². The van der Waals surface area contributed by atoms with Crippen LogP contribution in [0.4, 0.5) is 0 Å². The lowest BCUT2D eigenvalue weighted by molar-refractivity contribution is -0.137. The molecule has 0 bridgehead atoms. The summed E-state index contributed by atoms with van der Waals surface area (Å²) in [5.74, 6) is -0.745. The number of unbranched alkanes of at least 4 members (excludes halogenated alkanes) is 3. The molecule has 6 nitrogen and oxygen atoms in total. The lowest BCUT2D eigenvalue weighted by atomic mass is 9.88. The van der Waals surface area contributed by atoms with Crippen LogP contribution in [0.5, 0.6) is 0 Å². The van der Waals surface area contributed by atoms with Crippen LogP contribution in [0.1, 0.15) is 92.4 Å². The summed E-state index contributed by atoms with van der Waals surface area (Å²) in [5, 5.41) is 22.7. The first-order valence-corrected chi connectivity index (χ1v) is 19.1. The first kappa shape index (κ1) is 37.2. The molecule has 0 aromatic heterocycles. The minimum atomic E-state index is -2.77. The average molecular weight is 639 g/mol. The second-order valence-corrected chi connectivity index (χ2v) is 17.7. The van der Waals surface area contributed by atoms with Crippen molar-refractivity contribution in [1.82, 2.24) is 0 Å². The number of carbonyl (C=O) groups is 1. The van der Waals surface area contributed by atoms with E-state index in [-0.39, 0.29) is 35.5 Å². The van der Waals surface area contributed by atoms with Gasteiger partial charge < -0.3 is 24.1 Å². The summed E-state index contributed by atoms with van der Waals surface area (Å²) in [6, 6.07) is 21.6. The molecule has 1 saturated carbocycles. The second kappa shape index (κ2) is 18.8. The van der Waals surface area contributed by atoms with Gasteiger partial charge in [0.1, 0.15) is 0 Å². The van der Waals surface area contributed by atoms with Crippen LogP contribution in [0, 0.1) is 11.8 Å². The molecule has 2 N–H and O–H groups in total. The lowest BCUT2D eigenvalue weighted by Gasteiger charge is -2.45. The minimum Gasteiger partial charge on any atom is -0.481 e. The largest absolute Gasteiger partial charge is 0.481 e. The molecule has 45 heavy (non-hydrogen) atoms. The van der Waals surface area contributed by atoms with E-state index < -0.39 is 20.4 Å². The van der Waals surface area contributed by atoms with E-state index in [1.54, 1.807) is 0 Å². The molecule has 5 atom stereocenters. The van der Waals surface area contributed by atoms with Crippen molar-refractivity contribution >= 4 is 24.7 Å². The van der Waals surface area contributed by atoms with E-state index in [0.29, 0.717) is 32.7 Å². The smallest absolute Gasteiger partial charge is 0.303 e. The lowest BCUT2D eigenvalue weighted by Crippen LogP contribution is -2.67. The zero-order valence-corrected chi connectivity index (χ0v) is 29.3. The van der Waals surface area contributed by atoms with Crippen LogP contribution in [-0.4, -0.2) is 62.6 Å². The maximum Gasteiger partial charge on any atom is 0.303 e. The number of hydrogen-bond acceptors (Lipinski definition) is 5. The first-order chi connectivity index (χ1) is 21.6. The molecule has 0 heterocycles. The summed E-state index contributed by atoms with van der Waals surface area (Å²) < 4.78 is 19.4. The van der Waals surface area contributed by atoms with E-state index in [2.05, 4.69) is 101 Å². The van der Waals surface area contributed by atoms with Gasteiger partial charge in [0.15, 0.2) is 0 Å². The van der Waals surface area contributed by atoms with E-state index in [1.807, 2.05) is 6.92 Å². The van der Waals surface area contributed by atoms with Gasteiger partial charge in [0.2, 0.25) is 0 Å². The number of ether oxygens (including phenoxy) is 2. The minimum absolute atomic E-state index is 0.0105. The summed E-state index contributed by atoms with van der Waals surface area (Å²) in [6.07, 6.45) is 11.0. The molecule has 1 aliphatic rings. The molecule has 0 radical (unpaired) electrons. The zero-order valence-electron chi connectivity index (χ0n) is 28.3. The molecule has 0 amide bonds. The molecule has 250 valence electrons. The first-order valence-electron chi connectivity index (χ1n) is 17.2. The normalized spacial score (nSPS) is 21.4. The predicted octanol–water partition coefficient (Wildman–Crippen LogP) is 7.13. The van der Waals surface area contributed by atoms with Gasteiger partial charge in [-0.2, -0.15) is 0 Å². The zero-order chi connectivity index (χ0) is 32.7. The number of rotatable bonds is 20. The van der Waals surface area contributed by atoms with Gasteiger partial charge in [0, 0.05) is 25.4 Å². The van der Waals surface area contributed by atoms with Gasteiger partial charge in [0.05, 0.1) is 31.5 Å². The van der Waals surface area contributed by atoms with Gasteiger partial charge in [0.25, 0.3) is 8.32 Å². The fourth-order valence-corrected chi connectivity index (χ4v) is 11.6. The van der Waals surface area contributed by atoms with Crippen LogP contribution in [0.3, 0.4) is 0 Å². The molecule has 2 aromatic rings. The number of aliphatic carboxylic acids is 1. The highest BCUT2D eigenvalue weighted by atomic mass is 28.4. The predicted molar refractivity (Wildman–Crippen MR) is 186 cm³/mol.